The van der Waals surface area contributed by atoms with E-state index < -0.39 is 15.9 Å². The number of amides is 1. The Bertz CT molecular complexity index is 1130. The molecule has 154 valence electrons. The van der Waals surface area contributed by atoms with Gasteiger partial charge in [0.25, 0.3) is 15.9 Å². The van der Waals surface area contributed by atoms with Crippen molar-refractivity contribution in [1.82, 2.24) is 5.48 Å². The van der Waals surface area contributed by atoms with E-state index in [1.54, 1.807) is 54.6 Å². The second kappa shape index (κ2) is 9.73. The van der Waals surface area contributed by atoms with E-state index in [9.17, 15) is 18.3 Å². The summed E-state index contributed by atoms with van der Waals surface area (Å²) in [5.74, 6) is -0.349. The van der Waals surface area contributed by atoms with Crippen molar-refractivity contribution < 1.29 is 23.2 Å². The number of para-hydroxylation sites is 1. The summed E-state index contributed by atoms with van der Waals surface area (Å²) >= 11 is 0. The summed E-state index contributed by atoms with van der Waals surface area (Å²) in [7, 11) is -3.75. The van der Waals surface area contributed by atoms with E-state index in [0.717, 1.165) is 5.56 Å². The van der Waals surface area contributed by atoms with Crippen LogP contribution in [0.3, 0.4) is 0 Å². The van der Waals surface area contributed by atoms with Crippen LogP contribution in [-0.2, 0) is 26.3 Å². The van der Waals surface area contributed by atoms with Gasteiger partial charge in [0, 0.05) is 11.8 Å². The molecule has 0 atom stereocenters. The fraction of sp³-hybridized carbons (Fsp3) is 0.0455. The van der Waals surface area contributed by atoms with Crippen LogP contribution in [0, 0.1) is 0 Å². The standard InChI is InChI=1S/C22H20N2O5S/c25-20-12-9-18(10-13-20)16-29-23-22(26)14-11-17-5-4-8-21(15-17)30(27,28)24-19-6-2-1-3-7-19/h1-15,24-25H,16H2,(H,23,26)/b14-11+. The third-order valence-corrected chi connectivity index (χ3v) is 5.35. The molecule has 0 heterocycles. The highest BCUT2D eigenvalue weighted by molar-refractivity contribution is 7.92. The van der Waals surface area contributed by atoms with E-state index in [1.807, 2.05) is 0 Å². The smallest absolute Gasteiger partial charge is 0.267 e. The zero-order chi connectivity index (χ0) is 21.4. The lowest BCUT2D eigenvalue weighted by Gasteiger charge is -2.08. The lowest BCUT2D eigenvalue weighted by Crippen LogP contribution is -2.21. The molecule has 0 bridgehead atoms. The molecule has 0 saturated carbocycles. The van der Waals surface area contributed by atoms with E-state index in [0.29, 0.717) is 11.3 Å². The molecule has 0 fully saturated rings. The van der Waals surface area contributed by atoms with Crippen molar-refractivity contribution in [2.24, 2.45) is 0 Å². The molecule has 3 rings (SSSR count). The van der Waals surface area contributed by atoms with Crippen molar-refractivity contribution >= 4 is 27.7 Å². The number of nitrogens with one attached hydrogen (secondary N) is 2. The van der Waals surface area contributed by atoms with Gasteiger partial charge in [-0.15, -0.1) is 0 Å². The number of carbonyl (C=O) groups excluding carboxylic acids is 1. The largest absolute Gasteiger partial charge is 0.508 e. The van der Waals surface area contributed by atoms with Crippen LogP contribution < -0.4 is 10.2 Å². The van der Waals surface area contributed by atoms with Crippen molar-refractivity contribution in [1.29, 1.82) is 0 Å². The number of hydroxylamine groups is 1. The summed E-state index contributed by atoms with van der Waals surface area (Å²) in [5.41, 5.74) is 4.06. The molecule has 0 unspecified atom stereocenters. The van der Waals surface area contributed by atoms with Gasteiger partial charge in [-0.25, -0.2) is 13.9 Å². The number of sulfonamides is 1. The maximum Gasteiger partial charge on any atom is 0.267 e. The average molecular weight is 424 g/mol. The Balaban J connectivity index is 1.58. The minimum Gasteiger partial charge on any atom is -0.508 e. The molecular weight excluding hydrogens is 404 g/mol. The highest BCUT2D eigenvalue weighted by Crippen LogP contribution is 2.17. The molecule has 0 spiro atoms. The van der Waals surface area contributed by atoms with Crippen LogP contribution in [0.4, 0.5) is 5.69 Å². The summed E-state index contributed by atoms with van der Waals surface area (Å²) in [4.78, 5) is 17.1. The number of aromatic hydroxyl groups is 1. The van der Waals surface area contributed by atoms with Crippen molar-refractivity contribution in [3.8, 4) is 5.75 Å². The Labute approximate surface area is 174 Å². The van der Waals surface area contributed by atoms with Gasteiger partial charge in [0.15, 0.2) is 0 Å². The molecule has 8 heteroatoms. The minimum absolute atomic E-state index is 0.0810. The predicted molar refractivity (Wildman–Crippen MR) is 114 cm³/mol. The average Bonchev–Trinajstić information content (AvgIpc) is 2.74. The third-order valence-electron chi connectivity index (χ3n) is 3.97. The number of phenols is 1. The van der Waals surface area contributed by atoms with E-state index >= 15 is 0 Å². The molecule has 7 nitrogen and oxygen atoms in total. The minimum atomic E-state index is -3.75. The van der Waals surface area contributed by atoms with Gasteiger partial charge < -0.3 is 5.11 Å². The highest BCUT2D eigenvalue weighted by Gasteiger charge is 2.14. The predicted octanol–water partition coefficient (Wildman–Crippen LogP) is 3.45. The van der Waals surface area contributed by atoms with Crippen LogP contribution in [0.1, 0.15) is 11.1 Å². The Morgan fingerprint density at radius 2 is 1.70 bits per heavy atom. The van der Waals surface area contributed by atoms with Crippen molar-refractivity contribution in [2.75, 3.05) is 4.72 Å². The monoisotopic (exact) mass is 424 g/mol. The molecule has 0 aliphatic rings. The quantitative estimate of drug-likeness (QED) is 0.379. The number of hydrogen-bond acceptors (Lipinski definition) is 5. The van der Waals surface area contributed by atoms with Crippen LogP contribution >= 0.6 is 0 Å². The van der Waals surface area contributed by atoms with Gasteiger partial charge in [-0.3, -0.25) is 14.4 Å². The zero-order valence-electron chi connectivity index (χ0n) is 15.9. The first kappa shape index (κ1) is 21.1. The zero-order valence-corrected chi connectivity index (χ0v) is 16.7. The van der Waals surface area contributed by atoms with Gasteiger partial charge in [0.1, 0.15) is 5.75 Å². The fourth-order valence-corrected chi connectivity index (χ4v) is 3.61. The van der Waals surface area contributed by atoms with Crippen molar-refractivity contribution in [2.45, 2.75) is 11.5 Å². The first-order valence-corrected chi connectivity index (χ1v) is 10.5. The van der Waals surface area contributed by atoms with E-state index in [4.69, 9.17) is 4.84 Å². The number of anilines is 1. The maximum atomic E-state index is 12.5. The topological polar surface area (TPSA) is 105 Å². The molecule has 1 amide bonds. The maximum absolute atomic E-state index is 12.5. The van der Waals surface area contributed by atoms with Gasteiger partial charge in [-0.1, -0.05) is 42.5 Å². The van der Waals surface area contributed by atoms with Gasteiger partial charge >= 0.3 is 0 Å². The van der Waals surface area contributed by atoms with Crippen molar-refractivity contribution in [3.63, 3.8) is 0 Å². The van der Waals surface area contributed by atoms with Crippen molar-refractivity contribution in [3.05, 3.63) is 96.1 Å². The van der Waals surface area contributed by atoms with Gasteiger partial charge in [-0.2, -0.15) is 0 Å². The second-order valence-electron chi connectivity index (χ2n) is 6.30. The van der Waals surface area contributed by atoms with Gasteiger partial charge in [-0.05, 0) is 53.6 Å². The van der Waals surface area contributed by atoms with E-state index in [1.165, 1.54) is 36.4 Å². The normalized spacial score (nSPS) is 11.3. The molecular formula is C22H20N2O5S. The van der Waals surface area contributed by atoms with Gasteiger partial charge in [0.2, 0.25) is 0 Å². The fourth-order valence-electron chi connectivity index (χ4n) is 2.49. The molecule has 0 saturated heterocycles. The number of benzene rings is 3. The summed E-state index contributed by atoms with van der Waals surface area (Å²) in [6.07, 6.45) is 2.73. The number of carbonyl (C=O) groups is 1. The number of rotatable bonds is 8. The number of phenolic OH excluding ortho intramolecular Hbond substituents is 1. The second-order valence-corrected chi connectivity index (χ2v) is 7.98. The SMILES string of the molecule is O=C(/C=C/c1cccc(S(=O)(=O)Nc2ccccc2)c1)NOCc1ccc(O)cc1. The molecule has 3 aromatic rings. The molecule has 3 N–H and O–H groups in total. The Kier molecular flexibility index (Phi) is 6.84. The Hall–Kier alpha value is -3.62. The molecule has 0 radical (unpaired) electrons. The molecule has 30 heavy (non-hydrogen) atoms. The van der Waals surface area contributed by atoms with Gasteiger partial charge in [0.05, 0.1) is 11.5 Å². The molecule has 3 aromatic carbocycles. The summed E-state index contributed by atoms with van der Waals surface area (Å²) in [6, 6.07) is 21.2. The molecule has 0 aliphatic carbocycles. The van der Waals surface area contributed by atoms with Crippen LogP contribution in [0.5, 0.6) is 5.75 Å². The lowest BCUT2D eigenvalue weighted by atomic mass is 10.2. The summed E-state index contributed by atoms with van der Waals surface area (Å²) in [6.45, 7) is 0.138. The first-order chi connectivity index (χ1) is 14.4. The summed E-state index contributed by atoms with van der Waals surface area (Å²) in [5, 5.41) is 9.23. The van der Waals surface area contributed by atoms with E-state index in [2.05, 4.69) is 10.2 Å². The van der Waals surface area contributed by atoms with E-state index in [-0.39, 0.29) is 17.3 Å². The first-order valence-electron chi connectivity index (χ1n) is 8.98. The van der Waals surface area contributed by atoms with Crippen LogP contribution in [0.25, 0.3) is 6.08 Å². The van der Waals surface area contributed by atoms with Crippen LogP contribution in [-0.4, -0.2) is 19.4 Å². The summed E-state index contributed by atoms with van der Waals surface area (Å²) < 4.78 is 27.6. The van der Waals surface area contributed by atoms with Crippen LogP contribution in [0.15, 0.2) is 89.8 Å². The molecule has 0 aromatic heterocycles. The number of hydrogen-bond donors (Lipinski definition) is 3. The molecule has 0 aliphatic heterocycles. The highest BCUT2D eigenvalue weighted by atomic mass is 32.2. The third kappa shape index (κ3) is 6.20. The Morgan fingerprint density at radius 1 is 0.967 bits per heavy atom. The Morgan fingerprint density at radius 3 is 2.43 bits per heavy atom. The lowest BCUT2D eigenvalue weighted by molar-refractivity contribution is -0.129. The van der Waals surface area contributed by atoms with Crippen LogP contribution in [0.2, 0.25) is 0 Å².